The molecule has 0 saturated heterocycles. The van der Waals surface area contributed by atoms with Crippen molar-refractivity contribution in [3.8, 4) is 0 Å². The number of aliphatic hydroxyl groups excluding tert-OH is 1. The molecule has 1 atom stereocenters. The largest absolute Gasteiger partial charge is 0.396 e. The molecule has 84 valence electrons. The zero-order chi connectivity index (χ0) is 12.1. The maximum absolute atomic E-state index is 10.6. The van der Waals surface area contributed by atoms with Crippen molar-refractivity contribution in [3.63, 3.8) is 0 Å². The molecule has 0 heterocycles. The molecule has 0 aromatic heterocycles. The highest BCUT2D eigenvalue weighted by atomic mass is 16.6. The Balaban J connectivity index is 3.13. The minimum absolute atomic E-state index is 0.00128. The fourth-order valence-electron chi connectivity index (χ4n) is 1.36. The maximum Gasteiger partial charge on any atom is 0.272 e. The average molecular weight is 222 g/mol. The molecule has 0 saturated carbocycles. The van der Waals surface area contributed by atoms with Crippen molar-refractivity contribution in [1.82, 2.24) is 0 Å². The Hall–Kier alpha value is -2.11. The molecule has 0 amide bonds. The van der Waals surface area contributed by atoms with Gasteiger partial charge in [0.25, 0.3) is 5.69 Å². The van der Waals surface area contributed by atoms with E-state index in [9.17, 15) is 10.1 Å². The molecule has 0 aliphatic carbocycles. The van der Waals surface area contributed by atoms with Crippen LogP contribution in [-0.4, -0.2) is 16.6 Å². The number of hydrogen-bond donors (Lipinski definition) is 1. The summed E-state index contributed by atoms with van der Waals surface area (Å²) in [6.45, 7) is 1.26. The summed E-state index contributed by atoms with van der Waals surface area (Å²) in [6.07, 6.45) is 0. The van der Waals surface area contributed by atoms with Gasteiger partial charge in [-0.05, 0) is 24.1 Å². The van der Waals surface area contributed by atoms with Crippen molar-refractivity contribution >= 4 is 5.69 Å². The third-order valence-corrected chi connectivity index (χ3v) is 2.17. The minimum atomic E-state index is -0.704. The van der Waals surface area contributed by atoms with Gasteiger partial charge in [-0.25, -0.2) is 0 Å². The van der Waals surface area contributed by atoms with E-state index >= 15 is 0 Å². The molecular formula is C9H10N4O3. The summed E-state index contributed by atoms with van der Waals surface area (Å²) in [5, 5.41) is 22.9. The van der Waals surface area contributed by atoms with Crippen LogP contribution in [0.3, 0.4) is 0 Å². The number of nitro groups is 1. The van der Waals surface area contributed by atoms with Crippen molar-refractivity contribution in [3.05, 3.63) is 49.9 Å². The summed E-state index contributed by atoms with van der Waals surface area (Å²) < 4.78 is 0. The minimum Gasteiger partial charge on any atom is -0.396 e. The zero-order valence-corrected chi connectivity index (χ0v) is 8.57. The Bertz CT molecular complexity index is 454. The summed E-state index contributed by atoms with van der Waals surface area (Å²) in [5.41, 5.74) is 9.31. The van der Waals surface area contributed by atoms with Crippen LogP contribution in [0.2, 0.25) is 0 Å². The van der Waals surface area contributed by atoms with Gasteiger partial charge in [0.1, 0.15) is 0 Å². The van der Waals surface area contributed by atoms with Crippen LogP contribution in [0, 0.1) is 17.0 Å². The maximum atomic E-state index is 10.6. The van der Waals surface area contributed by atoms with Crippen molar-refractivity contribution in [2.45, 2.75) is 13.0 Å². The van der Waals surface area contributed by atoms with Crippen LogP contribution in [0.5, 0.6) is 0 Å². The van der Waals surface area contributed by atoms with E-state index in [0.717, 1.165) is 0 Å². The van der Waals surface area contributed by atoms with Gasteiger partial charge in [0.2, 0.25) is 0 Å². The first-order valence-corrected chi connectivity index (χ1v) is 4.50. The number of nitro benzene ring substituents is 1. The van der Waals surface area contributed by atoms with Gasteiger partial charge >= 0.3 is 0 Å². The predicted molar refractivity (Wildman–Crippen MR) is 56.8 cm³/mol. The Kier molecular flexibility index (Phi) is 3.82. The van der Waals surface area contributed by atoms with E-state index in [2.05, 4.69) is 10.0 Å². The summed E-state index contributed by atoms with van der Waals surface area (Å²) >= 11 is 0. The summed E-state index contributed by atoms with van der Waals surface area (Å²) in [5.74, 6) is 0. The highest BCUT2D eigenvalue weighted by Gasteiger charge is 2.14. The molecular weight excluding hydrogens is 212 g/mol. The first kappa shape index (κ1) is 12.0. The fourth-order valence-corrected chi connectivity index (χ4v) is 1.36. The molecule has 1 aromatic rings. The van der Waals surface area contributed by atoms with Crippen molar-refractivity contribution < 1.29 is 10.0 Å². The SMILES string of the molecule is Cc1cc(C(CO)N=[N+]=[N-])ccc1[N+](=O)[O-]. The van der Waals surface area contributed by atoms with E-state index in [0.29, 0.717) is 11.1 Å². The molecule has 7 heteroatoms. The van der Waals surface area contributed by atoms with Gasteiger partial charge in [-0.2, -0.15) is 0 Å². The number of rotatable bonds is 4. The monoisotopic (exact) mass is 222 g/mol. The number of nitrogens with zero attached hydrogens (tertiary/aromatic N) is 4. The molecule has 0 spiro atoms. The van der Waals surface area contributed by atoms with E-state index in [1.165, 1.54) is 18.2 Å². The third kappa shape index (κ3) is 2.47. The topological polar surface area (TPSA) is 112 Å². The van der Waals surface area contributed by atoms with Crippen LogP contribution < -0.4 is 0 Å². The smallest absolute Gasteiger partial charge is 0.272 e. The van der Waals surface area contributed by atoms with Gasteiger partial charge < -0.3 is 5.11 Å². The van der Waals surface area contributed by atoms with Crippen LogP contribution in [0.1, 0.15) is 17.2 Å². The molecule has 0 aliphatic rings. The van der Waals surface area contributed by atoms with Gasteiger partial charge in [-0.15, -0.1) is 0 Å². The summed E-state index contributed by atoms with van der Waals surface area (Å²) in [4.78, 5) is 12.7. The van der Waals surface area contributed by atoms with Crippen molar-refractivity contribution in [1.29, 1.82) is 0 Å². The molecule has 0 radical (unpaired) electrons. The lowest BCUT2D eigenvalue weighted by atomic mass is 10.0. The van der Waals surface area contributed by atoms with E-state index in [1.807, 2.05) is 0 Å². The zero-order valence-electron chi connectivity index (χ0n) is 8.57. The quantitative estimate of drug-likeness (QED) is 0.277. The van der Waals surface area contributed by atoms with Crippen LogP contribution in [0.15, 0.2) is 23.3 Å². The van der Waals surface area contributed by atoms with E-state index in [4.69, 9.17) is 10.6 Å². The highest BCUT2D eigenvalue weighted by Crippen LogP contribution is 2.24. The van der Waals surface area contributed by atoms with E-state index in [-0.39, 0.29) is 12.3 Å². The van der Waals surface area contributed by atoms with Crippen molar-refractivity contribution in [2.75, 3.05) is 6.61 Å². The van der Waals surface area contributed by atoms with E-state index < -0.39 is 11.0 Å². The Morgan fingerprint density at radius 1 is 1.69 bits per heavy atom. The highest BCUT2D eigenvalue weighted by molar-refractivity contribution is 5.42. The van der Waals surface area contributed by atoms with Crippen LogP contribution >= 0.6 is 0 Å². The lowest BCUT2D eigenvalue weighted by molar-refractivity contribution is -0.385. The third-order valence-electron chi connectivity index (χ3n) is 2.17. The summed E-state index contributed by atoms with van der Waals surface area (Å²) in [6, 6.07) is 3.64. The van der Waals surface area contributed by atoms with Gasteiger partial charge in [0.05, 0.1) is 17.6 Å². The number of azide groups is 1. The second-order valence-electron chi connectivity index (χ2n) is 3.21. The average Bonchev–Trinajstić information content (AvgIpc) is 2.25. The Morgan fingerprint density at radius 3 is 2.81 bits per heavy atom. The van der Waals surface area contributed by atoms with Crippen LogP contribution in [-0.2, 0) is 0 Å². The van der Waals surface area contributed by atoms with Crippen LogP contribution in [0.25, 0.3) is 10.4 Å². The van der Waals surface area contributed by atoms with Gasteiger partial charge in [0.15, 0.2) is 0 Å². The molecule has 1 unspecified atom stereocenters. The first-order chi connectivity index (χ1) is 7.60. The molecule has 0 fully saturated rings. The van der Waals surface area contributed by atoms with E-state index in [1.54, 1.807) is 6.92 Å². The lowest BCUT2D eigenvalue weighted by Gasteiger charge is -2.08. The van der Waals surface area contributed by atoms with Gasteiger partial charge in [-0.3, -0.25) is 10.1 Å². The predicted octanol–water partition coefficient (Wildman–Crippen LogP) is 2.25. The number of benzene rings is 1. The van der Waals surface area contributed by atoms with Crippen molar-refractivity contribution in [2.24, 2.45) is 5.11 Å². The molecule has 1 N–H and O–H groups in total. The second kappa shape index (κ2) is 5.11. The second-order valence-corrected chi connectivity index (χ2v) is 3.21. The normalized spacial score (nSPS) is 11.6. The Labute approximate surface area is 91.1 Å². The molecule has 0 aliphatic heterocycles. The molecule has 16 heavy (non-hydrogen) atoms. The molecule has 1 aromatic carbocycles. The van der Waals surface area contributed by atoms with Crippen LogP contribution in [0.4, 0.5) is 5.69 Å². The number of aliphatic hydroxyl groups is 1. The molecule has 7 nitrogen and oxygen atoms in total. The molecule has 0 bridgehead atoms. The number of hydrogen-bond acceptors (Lipinski definition) is 4. The fraction of sp³-hybridized carbons (Fsp3) is 0.333. The van der Waals surface area contributed by atoms with Gasteiger partial charge in [-0.1, -0.05) is 11.2 Å². The number of aryl methyl sites for hydroxylation is 1. The standard InChI is InChI=1S/C9H10N4O3/c1-6-4-7(8(5-14)11-12-10)2-3-9(6)13(15)16/h2-4,8,14H,5H2,1H3. The molecule has 1 rings (SSSR count). The van der Waals surface area contributed by atoms with Gasteiger partial charge in [0, 0.05) is 16.5 Å². The first-order valence-electron chi connectivity index (χ1n) is 4.50. The lowest BCUT2D eigenvalue weighted by Crippen LogP contribution is -2.01. The Morgan fingerprint density at radius 2 is 2.38 bits per heavy atom. The summed E-state index contributed by atoms with van der Waals surface area (Å²) in [7, 11) is 0.